The SMILES string of the molecule is COCCN1C(=O)C(O)=C(C(=O)c2ccco2)C1c1cccc2ccccc12. The number of furan rings is 1. The van der Waals surface area contributed by atoms with Crippen LogP contribution in [0.2, 0.25) is 0 Å². The number of ether oxygens (including phenoxy) is 1. The summed E-state index contributed by atoms with van der Waals surface area (Å²) in [5, 5.41) is 12.5. The number of methoxy groups -OCH3 is 1. The van der Waals surface area contributed by atoms with Crippen molar-refractivity contribution in [3.05, 3.63) is 83.5 Å². The van der Waals surface area contributed by atoms with Gasteiger partial charge in [0.25, 0.3) is 5.91 Å². The summed E-state index contributed by atoms with van der Waals surface area (Å²) in [6.45, 7) is 0.519. The molecule has 0 bridgehead atoms. The van der Waals surface area contributed by atoms with Crippen molar-refractivity contribution in [2.45, 2.75) is 6.04 Å². The maximum Gasteiger partial charge on any atom is 0.290 e. The van der Waals surface area contributed by atoms with E-state index in [1.165, 1.54) is 24.3 Å². The van der Waals surface area contributed by atoms with Crippen LogP contribution in [0, 0.1) is 0 Å². The predicted molar refractivity (Wildman–Crippen MR) is 103 cm³/mol. The Balaban J connectivity index is 1.90. The van der Waals surface area contributed by atoms with Gasteiger partial charge in [-0.1, -0.05) is 42.5 Å². The lowest BCUT2D eigenvalue weighted by Gasteiger charge is -2.27. The van der Waals surface area contributed by atoms with Crippen LogP contribution in [-0.2, 0) is 9.53 Å². The number of rotatable bonds is 6. The van der Waals surface area contributed by atoms with Crippen LogP contribution in [0.1, 0.15) is 22.2 Å². The predicted octanol–water partition coefficient (Wildman–Crippen LogP) is 3.66. The van der Waals surface area contributed by atoms with E-state index in [4.69, 9.17) is 9.15 Å². The Labute approximate surface area is 161 Å². The van der Waals surface area contributed by atoms with E-state index in [9.17, 15) is 14.7 Å². The zero-order valence-corrected chi connectivity index (χ0v) is 15.3. The number of carbonyl (C=O) groups is 2. The van der Waals surface area contributed by atoms with E-state index in [-0.39, 0.29) is 24.5 Å². The van der Waals surface area contributed by atoms with E-state index in [0.717, 1.165) is 16.3 Å². The molecule has 0 saturated heterocycles. The summed E-state index contributed by atoms with van der Waals surface area (Å²) in [4.78, 5) is 27.3. The Bertz CT molecular complexity index is 1060. The van der Waals surface area contributed by atoms with Crippen molar-refractivity contribution < 1.29 is 23.8 Å². The summed E-state index contributed by atoms with van der Waals surface area (Å²) in [5.41, 5.74) is 0.786. The van der Waals surface area contributed by atoms with Crippen molar-refractivity contribution in [1.82, 2.24) is 4.90 Å². The lowest BCUT2D eigenvalue weighted by atomic mass is 9.91. The first-order valence-electron chi connectivity index (χ1n) is 8.92. The van der Waals surface area contributed by atoms with Crippen molar-refractivity contribution >= 4 is 22.5 Å². The quantitative estimate of drug-likeness (QED) is 0.663. The van der Waals surface area contributed by atoms with E-state index in [2.05, 4.69) is 0 Å². The Hall–Kier alpha value is -3.38. The molecule has 1 amide bonds. The van der Waals surface area contributed by atoms with Crippen LogP contribution in [0.5, 0.6) is 0 Å². The van der Waals surface area contributed by atoms with Crippen molar-refractivity contribution in [1.29, 1.82) is 0 Å². The normalized spacial score (nSPS) is 17.0. The summed E-state index contributed by atoms with van der Waals surface area (Å²) in [6.07, 6.45) is 1.39. The number of benzene rings is 2. The van der Waals surface area contributed by atoms with E-state index < -0.39 is 23.5 Å². The van der Waals surface area contributed by atoms with Gasteiger partial charge in [0.15, 0.2) is 11.5 Å². The molecule has 142 valence electrons. The third-order valence-corrected chi connectivity index (χ3v) is 4.95. The Morgan fingerprint density at radius 3 is 2.68 bits per heavy atom. The molecule has 1 atom stereocenters. The highest BCUT2D eigenvalue weighted by Crippen LogP contribution is 2.41. The fourth-order valence-corrected chi connectivity index (χ4v) is 3.66. The van der Waals surface area contributed by atoms with Crippen LogP contribution in [0.4, 0.5) is 0 Å². The number of nitrogens with zero attached hydrogens (tertiary/aromatic N) is 1. The first-order valence-corrected chi connectivity index (χ1v) is 8.92. The number of Topliss-reactive ketones (excluding diaryl/α,β-unsaturated/α-hetero) is 1. The Kier molecular flexibility index (Phi) is 4.71. The fraction of sp³-hybridized carbons (Fsp3) is 0.182. The van der Waals surface area contributed by atoms with Gasteiger partial charge in [-0.3, -0.25) is 9.59 Å². The summed E-state index contributed by atoms with van der Waals surface area (Å²) < 4.78 is 10.4. The van der Waals surface area contributed by atoms with Gasteiger partial charge >= 0.3 is 0 Å². The first kappa shape index (κ1) is 18.0. The molecule has 1 aliphatic heterocycles. The number of hydrogen-bond donors (Lipinski definition) is 1. The van der Waals surface area contributed by atoms with Gasteiger partial charge in [0.05, 0.1) is 24.5 Å². The second-order valence-corrected chi connectivity index (χ2v) is 6.53. The molecule has 0 radical (unpaired) electrons. The zero-order chi connectivity index (χ0) is 19.7. The van der Waals surface area contributed by atoms with Crippen molar-refractivity contribution in [3.8, 4) is 0 Å². The lowest BCUT2D eigenvalue weighted by molar-refractivity contribution is -0.130. The molecule has 1 aliphatic rings. The second-order valence-electron chi connectivity index (χ2n) is 6.53. The molecule has 3 aromatic rings. The number of ketones is 1. The average molecular weight is 377 g/mol. The van der Waals surface area contributed by atoms with Gasteiger partial charge < -0.3 is 19.2 Å². The summed E-state index contributed by atoms with van der Waals surface area (Å²) in [7, 11) is 1.54. The third-order valence-electron chi connectivity index (χ3n) is 4.95. The zero-order valence-electron chi connectivity index (χ0n) is 15.3. The van der Waals surface area contributed by atoms with Crippen LogP contribution in [0.15, 0.2) is 76.6 Å². The van der Waals surface area contributed by atoms with Gasteiger partial charge in [0, 0.05) is 13.7 Å². The van der Waals surface area contributed by atoms with Gasteiger partial charge in [-0.2, -0.15) is 0 Å². The summed E-state index contributed by atoms with van der Waals surface area (Å²) >= 11 is 0. The largest absolute Gasteiger partial charge is 0.503 e. The topological polar surface area (TPSA) is 80.0 Å². The molecule has 1 unspecified atom stereocenters. The fourth-order valence-electron chi connectivity index (χ4n) is 3.66. The van der Waals surface area contributed by atoms with Gasteiger partial charge in [-0.15, -0.1) is 0 Å². The molecule has 2 heterocycles. The van der Waals surface area contributed by atoms with Gasteiger partial charge in [-0.25, -0.2) is 0 Å². The van der Waals surface area contributed by atoms with Crippen LogP contribution >= 0.6 is 0 Å². The molecular formula is C22H19NO5. The maximum atomic E-state index is 13.1. The molecule has 0 saturated carbocycles. The summed E-state index contributed by atoms with van der Waals surface area (Å²) in [6, 6.07) is 15.8. The molecule has 1 aromatic heterocycles. The molecule has 0 spiro atoms. The molecule has 6 heteroatoms. The van der Waals surface area contributed by atoms with E-state index in [0.29, 0.717) is 0 Å². The molecule has 1 N–H and O–H groups in total. The smallest absolute Gasteiger partial charge is 0.290 e. The van der Waals surface area contributed by atoms with Crippen molar-refractivity contribution in [3.63, 3.8) is 0 Å². The van der Waals surface area contributed by atoms with Crippen molar-refractivity contribution in [2.24, 2.45) is 0 Å². The van der Waals surface area contributed by atoms with Gasteiger partial charge in [0.1, 0.15) is 0 Å². The van der Waals surface area contributed by atoms with Crippen molar-refractivity contribution in [2.75, 3.05) is 20.3 Å². The van der Waals surface area contributed by atoms with E-state index >= 15 is 0 Å². The average Bonchev–Trinajstić information content (AvgIpc) is 3.34. The summed E-state index contributed by atoms with van der Waals surface area (Å²) in [5.74, 6) is -1.57. The minimum Gasteiger partial charge on any atom is -0.503 e. The first-order chi connectivity index (χ1) is 13.6. The number of carbonyl (C=O) groups excluding carboxylic acids is 2. The van der Waals surface area contributed by atoms with Crippen LogP contribution in [-0.4, -0.2) is 42.0 Å². The maximum absolute atomic E-state index is 13.1. The minimum absolute atomic E-state index is 0.0207. The van der Waals surface area contributed by atoms with Gasteiger partial charge in [-0.05, 0) is 28.5 Å². The van der Waals surface area contributed by atoms with E-state index in [1.807, 2.05) is 42.5 Å². The number of fused-ring (bicyclic) bond motifs is 1. The number of aliphatic hydroxyl groups excluding tert-OH is 1. The Morgan fingerprint density at radius 2 is 1.93 bits per heavy atom. The second kappa shape index (κ2) is 7.32. The minimum atomic E-state index is -0.730. The molecule has 2 aromatic carbocycles. The Morgan fingerprint density at radius 1 is 1.14 bits per heavy atom. The number of hydrogen-bond acceptors (Lipinski definition) is 5. The molecule has 4 rings (SSSR count). The van der Waals surface area contributed by atoms with Crippen LogP contribution in [0.25, 0.3) is 10.8 Å². The highest BCUT2D eigenvalue weighted by molar-refractivity contribution is 6.15. The highest BCUT2D eigenvalue weighted by atomic mass is 16.5. The van der Waals surface area contributed by atoms with Crippen LogP contribution in [0.3, 0.4) is 0 Å². The molecule has 6 nitrogen and oxygen atoms in total. The third kappa shape index (κ3) is 2.88. The standard InChI is InChI=1S/C22H19NO5/c1-27-13-11-23-19(16-9-4-7-14-6-2-3-8-15(14)16)18(21(25)22(23)26)20(24)17-10-5-12-28-17/h2-10,12,19,25H,11,13H2,1H3. The van der Waals surface area contributed by atoms with E-state index in [1.54, 1.807) is 6.07 Å². The molecular weight excluding hydrogens is 358 g/mol. The number of amides is 1. The molecule has 0 aliphatic carbocycles. The highest BCUT2D eigenvalue weighted by Gasteiger charge is 2.44. The monoisotopic (exact) mass is 377 g/mol. The number of aliphatic hydroxyl groups is 1. The molecule has 0 fully saturated rings. The van der Waals surface area contributed by atoms with Crippen LogP contribution < -0.4 is 0 Å². The lowest BCUT2D eigenvalue weighted by Crippen LogP contribution is -2.34. The molecule has 28 heavy (non-hydrogen) atoms. The van der Waals surface area contributed by atoms with Gasteiger partial charge in [0.2, 0.25) is 5.78 Å².